The summed E-state index contributed by atoms with van der Waals surface area (Å²) in [5, 5.41) is 23.3. The first-order chi connectivity index (χ1) is 14.5. The van der Waals surface area contributed by atoms with Gasteiger partial charge in [-0.2, -0.15) is 0 Å². The van der Waals surface area contributed by atoms with Crippen molar-refractivity contribution in [3.63, 3.8) is 0 Å². The molecule has 1 heterocycles. The summed E-state index contributed by atoms with van der Waals surface area (Å²) >= 11 is 0. The van der Waals surface area contributed by atoms with Crippen LogP contribution in [-0.2, 0) is 11.2 Å². The number of nitrogens with one attached hydrogen (secondary N) is 1. The Hall–Kier alpha value is -1.86. The second-order valence-corrected chi connectivity index (χ2v) is 8.90. The Morgan fingerprint density at radius 1 is 1.17 bits per heavy atom. The van der Waals surface area contributed by atoms with Crippen LogP contribution >= 0.6 is 0 Å². The molecule has 1 aromatic carbocycles. The van der Waals surface area contributed by atoms with Gasteiger partial charge in [-0.3, -0.25) is 4.79 Å². The van der Waals surface area contributed by atoms with Crippen molar-refractivity contribution in [1.82, 2.24) is 5.32 Å². The van der Waals surface area contributed by atoms with E-state index in [4.69, 9.17) is 4.65 Å². The number of benzene rings is 1. The van der Waals surface area contributed by atoms with Gasteiger partial charge in [0.25, 0.3) is 0 Å². The molecule has 1 aliphatic carbocycles. The van der Waals surface area contributed by atoms with E-state index in [1.165, 1.54) is 25.3 Å². The van der Waals surface area contributed by atoms with E-state index in [9.17, 15) is 19.7 Å². The molecular weight excluding hydrogens is 381 g/mol. The maximum absolute atomic E-state index is 12.7. The van der Waals surface area contributed by atoms with Gasteiger partial charge >= 0.3 is 13.1 Å². The van der Waals surface area contributed by atoms with Crippen LogP contribution in [0.1, 0.15) is 80.6 Å². The second kappa shape index (κ2) is 11.0. The zero-order chi connectivity index (χ0) is 21.5. The van der Waals surface area contributed by atoms with E-state index < -0.39 is 13.1 Å². The molecule has 0 radical (unpaired) electrons. The number of unbranched alkanes of at least 4 members (excludes halogenated alkanes) is 2. The minimum absolute atomic E-state index is 0.0522. The predicted octanol–water partition coefficient (Wildman–Crippen LogP) is 3.86. The van der Waals surface area contributed by atoms with Crippen LogP contribution < -0.4 is 9.97 Å². The quantitative estimate of drug-likeness (QED) is 0.397. The summed E-state index contributed by atoms with van der Waals surface area (Å²) in [6.45, 7) is 3.31. The van der Waals surface area contributed by atoms with Gasteiger partial charge in [0.2, 0.25) is 0 Å². The largest absolute Gasteiger partial charge is 0.535 e. The van der Waals surface area contributed by atoms with Crippen molar-refractivity contribution < 1.29 is 24.4 Å². The molecule has 0 bridgehead atoms. The summed E-state index contributed by atoms with van der Waals surface area (Å²) in [6.07, 6.45) is 9.45. The molecule has 0 saturated heterocycles. The van der Waals surface area contributed by atoms with Crippen LogP contribution in [0.4, 0.5) is 0 Å². The fourth-order valence-corrected chi connectivity index (χ4v) is 4.78. The summed E-state index contributed by atoms with van der Waals surface area (Å²) in [4.78, 5) is 24.0. The van der Waals surface area contributed by atoms with Crippen LogP contribution in [0.5, 0.6) is 5.75 Å². The zero-order valence-corrected chi connectivity index (χ0v) is 17.9. The lowest BCUT2D eigenvalue weighted by Gasteiger charge is -2.30. The van der Waals surface area contributed by atoms with Gasteiger partial charge in [0, 0.05) is 24.7 Å². The zero-order valence-electron chi connectivity index (χ0n) is 17.9. The van der Waals surface area contributed by atoms with Crippen LogP contribution in [0.25, 0.3) is 0 Å². The standard InChI is InChI=1S/C23H34BNO5/c1-2-3-4-12-25-19-10-8-16(9-11-19)13-20(26)15-18-14-17-6-5-7-21(23(27)28)22(17)30-24(18)29/h5-7,16,18-19,25,29H,2-4,8-15H2,1H3,(H,27,28)/t16?,18-,19?/m1/s1. The first kappa shape index (κ1) is 22.8. The first-order valence-corrected chi connectivity index (χ1v) is 11.4. The maximum Gasteiger partial charge on any atom is 0.526 e. The molecule has 2 aliphatic rings. The van der Waals surface area contributed by atoms with Gasteiger partial charge in [-0.15, -0.1) is 0 Å². The van der Waals surface area contributed by atoms with Crippen molar-refractivity contribution in [3.05, 3.63) is 29.3 Å². The summed E-state index contributed by atoms with van der Waals surface area (Å²) in [5.41, 5.74) is 0.795. The summed E-state index contributed by atoms with van der Waals surface area (Å²) < 4.78 is 5.51. The first-order valence-electron chi connectivity index (χ1n) is 11.4. The number of para-hydroxylation sites is 1. The molecule has 164 valence electrons. The van der Waals surface area contributed by atoms with Crippen molar-refractivity contribution in [2.24, 2.45) is 5.92 Å². The van der Waals surface area contributed by atoms with Crippen LogP contribution in [0.2, 0.25) is 5.82 Å². The Balaban J connectivity index is 1.45. The predicted molar refractivity (Wildman–Crippen MR) is 117 cm³/mol. The van der Waals surface area contributed by atoms with Gasteiger partial charge in [0.15, 0.2) is 0 Å². The molecule has 0 spiro atoms. The average Bonchev–Trinajstić information content (AvgIpc) is 2.72. The third kappa shape index (κ3) is 6.08. The Kier molecular flexibility index (Phi) is 8.34. The molecular formula is C23H34BNO5. The Morgan fingerprint density at radius 2 is 1.93 bits per heavy atom. The molecule has 1 aromatic rings. The van der Waals surface area contributed by atoms with E-state index in [1.807, 2.05) is 0 Å². The van der Waals surface area contributed by atoms with Gasteiger partial charge in [0.05, 0.1) is 5.56 Å². The Labute approximate surface area is 179 Å². The monoisotopic (exact) mass is 415 g/mol. The molecule has 3 N–H and O–H groups in total. The van der Waals surface area contributed by atoms with Crippen molar-refractivity contribution in [2.45, 2.75) is 83.0 Å². The van der Waals surface area contributed by atoms with Crippen LogP contribution in [0, 0.1) is 5.92 Å². The van der Waals surface area contributed by atoms with Gasteiger partial charge in [0.1, 0.15) is 11.5 Å². The van der Waals surface area contributed by atoms with Gasteiger partial charge in [-0.25, -0.2) is 4.79 Å². The molecule has 1 saturated carbocycles. The molecule has 3 rings (SSSR count). The minimum Gasteiger partial charge on any atom is -0.535 e. The van der Waals surface area contributed by atoms with Crippen molar-refractivity contribution in [3.8, 4) is 5.75 Å². The molecule has 1 fully saturated rings. The van der Waals surface area contributed by atoms with E-state index in [0.29, 0.717) is 24.8 Å². The minimum atomic E-state index is -1.15. The van der Waals surface area contributed by atoms with E-state index in [1.54, 1.807) is 12.1 Å². The number of hydrogen-bond acceptors (Lipinski definition) is 5. The van der Waals surface area contributed by atoms with E-state index in [0.717, 1.165) is 37.8 Å². The molecule has 7 heteroatoms. The highest BCUT2D eigenvalue weighted by Crippen LogP contribution is 2.37. The fourth-order valence-electron chi connectivity index (χ4n) is 4.78. The SMILES string of the molecule is CCCCCNC1CCC(CC(=O)C[C@H]2Cc3cccc(C(=O)O)c3OB2O)CC1. The summed E-state index contributed by atoms with van der Waals surface area (Å²) in [6, 6.07) is 5.53. The number of hydrogen-bond donors (Lipinski definition) is 3. The smallest absolute Gasteiger partial charge is 0.526 e. The number of rotatable bonds is 10. The molecule has 30 heavy (non-hydrogen) atoms. The maximum atomic E-state index is 12.7. The third-order valence-electron chi connectivity index (χ3n) is 6.52. The van der Waals surface area contributed by atoms with Crippen LogP contribution in [0.15, 0.2) is 18.2 Å². The highest BCUT2D eigenvalue weighted by Gasteiger charge is 2.38. The Morgan fingerprint density at radius 3 is 2.63 bits per heavy atom. The number of carbonyl (C=O) groups is 2. The van der Waals surface area contributed by atoms with Gasteiger partial charge in [-0.05, 0) is 62.6 Å². The number of carboxylic acids is 1. The van der Waals surface area contributed by atoms with Crippen molar-refractivity contribution >= 4 is 18.9 Å². The lowest BCUT2D eigenvalue weighted by atomic mass is 9.64. The lowest BCUT2D eigenvalue weighted by Crippen LogP contribution is -2.36. The highest BCUT2D eigenvalue weighted by atomic mass is 16.5. The number of carbonyl (C=O) groups excluding carboxylic acids is 1. The molecule has 0 unspecified atom stereocenters. The van der Waals surface area contributed by atoms with Gasteiger partial charge in [-0.1, -0.05) is 31.9 Å². The van der Waals surface area contributed by atoms with Crippen LogP contribution in [0.3, 0.4) is 0 Å². The third-order valence-corrected chi connectivity index (χ3v) is 6.52. The number of ketones is 1. The van der Waals surface area contributed by atoms with E-state index >= 15 is 0 Å². The normalized spacial score (nSPS) is 23.5. The average molecular weight is 415 g/mol. The number of Topliss-reactive ketones (excluding diaryl/α,β-unsaturated/α-hetero) is 1. The molecule has 6 nitrogen and oxygen atoms in total. The Bertz CT molecular complexity index is 732. The van der Waals surface area contributed by atoms with E-state index in [-0.39, 0.29) is 29.3 Å². The number of carboxylic acid groups (broad SMARTS) is 1. The lowest BCUT2D eigenvalue weighted by molar-refractivity contribution is -0.120. The van der Waals surface area contributed by atoms with Crippen molar-refractivity contribution in [1.29, 1.82) is 0 Å². The molecule has 1 aliphatic heterocycles. The van der Waals surface area contributed by atoms with Crippen LogP contribution in [-0.4, -0.2) is 41.6 Å². The van der Waals surface area contributed by atoms with E-state index in [2.05, 4.69) is 12.2 Å². The molecule has 1 atom stereocenters. The topological polar surface area (TPSA) is 95.9 Å². The fraction of sp³-hybridized carbons (Fsp3) is 0.652. The number of aromatic carboxylic acids is 1. The molecule has 0 amide bonds. The number of fused-ring (bicyclic) bond motifs is 1. The second-order valence-electron chi connectivity index (χ2n) is 8.90. The highest BCUT2D eigenvalue weighted by molar-refractivity contribution is 6.47. The summed E-state index contributed by atoms with van der Waals surface area (Å²) in [7, 11) is -1.15. The van der Waals surface area contributed by atoms with Crippen molar-refractivity contribution in [2.75, 3.05) is 6.54 Å². The van der Waals surface area contributed by atoms with Gasteiger partial charge < -0.3 is 20.1 Å². The molecule has 0 aromatic heterocycles. The summed E-state index contributed by atoms with van der Waals surface area (Å²) in [5.74, 6) is -0.584.